The fraction of sp³-hybridized carbons (Fsp3) is 0.650. The smallest absolute Gasteiger partial charge is 0.309 e. The minimum absolute atomic E-state index is 0.0251. The van der Waals surface area contributed by atoms with Gasteiger partial charge < -0.3 is 26.2 Å². The van der Waals surface area contributed by atoms with E-state index in [1.807, 2.05) is 7.05 Å². The molecule has 4 N–H and O–H groups in total. The minimum atomic E-state index is -1.08. The molecule has 0 spiro atoms. The molecule has 1 aliphatic carbocycles. The summed E-state index contributed by atoms with van der Waals surface area (Å²) < 4.78 is 0. The van der Waals surface area contributed by atoms with Crippen molar-refractivity contribution < 1.29 is 19.2 Å². The van der Waals surface area contributed by atoms with Gasteiger partial charge in [-0.3, -0.25) is 19.2 Å². The number of hydrogen-bond donors (Lipinski definition) is 3. The van der Waals surface area contributed by atoms with E-state index >= 15 is 0 Å². The fourth-order valence-electron chi connectivity index (χ4n) is 4.20. The molecule has 2 heterocycles. The van der Waals surface area contributed by atoms with Gasteiger partial charge in [0.15, 0.2) is 5.01 Å². The zero-order chi connectivity index (χ0) is 22.7. The van der Waals surface area contributed by atoms with Gasteiger partial charge in [-0.2, -0.15) is 0 Å². The summed E-state index contributed by atoms with van der Waals surface area (Å²) in [4.78, 5) is 57.9. The normalized spacial score (nSPS) is 23.9. The predicted molar refractivity (Wildman–Crippen MR) is 115 cm³/mol. The second-order valence-corrected chi connectivity index (χ2v) is 9.58. The summed E-state index contributed by atoms with van der Waals surface area (Å²) in [7, 11) is 5.43. The number of thiazole rings is 1. The number of amides is 4. The largest absolute Gasteiger partial charge is 0.361 e. The Morgan fingerprint density at radius 3 is 2.58 bits per heavy atom. The van der Waals surface area contributed by atoms with Gasteiger partial charge in [-0.15, -0.1) is 11.3 Å². The lowest BCUT2D eigenvalue weighted by atomic mass is 9.81. The summed E-state index contributed by atoms with van der Waals surface area (Å²) in [6.07, 6.45) is 3.19. The predicted octanol–water partition coefficient (Wildman–Crippen LogP) is -0.522. The van der Waals surface area contributed by atoms with Crippen molar-refractivity contribution in [3.63, 3.8) is 0 Å². The van der Waals surface area contributed by atoms with Gasteiger partial charge in [0, 0.05) is 37.5 Å². The molecule has 1 fully saturated rings. The Hall–Kier alpha value is -2.53. The molecule has 0 aromatic carbocycles. The molecule has 1 aliphatic heterocycles. The first-order valence-electron chi connectivity index (χ1n) is 10.4. The van der Waals surface area contributed by atoms with Crippen LogP contribution >= 0.6 is 11.3 Å². The molecule has 11 heteroatoms. The maximum absolute atomic E-state index is 13.0. The first kappa shape index (κ1) is 23.1. The quantitative estimate of drug-likeness (QED) is 0.528. The molecule has 31 heavy (non-hydrogen) atoms. The van der Waals surface area contributed by atoms with Gasteiger partial charge in [0.05, 0.1) is 11.7 Å². The van der Waals surface area contributed by atoms with Crippen LogP contribution in [0.15, 0.2) is 0 Å². The number of hydrogen-bond acceptors (Lipinski definition) is 7. The highest BCUT2D eigenvalue weighted by molar-refractivity contribution is 7.13. The number of nitrogens with two attached hydrogens (primary N) is 1. The van der Waals surface area contributed by atoms with Crippen LogP contribution in [0.3, 0.4) is 0 Å². The third-order valence-electron chi connectivity index (χ3n) is 5.84. The SMILES string of the molecule is CN1CCCc2nc(C(=O)N[C@@H]3C[C@@H](C(=O)N(C)C)CC[C@H]3NC(=O)C(N)=O)sc2C1. The summed E-state index contributed by atoms with van der Waals surface area (Å²) >= 11 is 1.38. The van der Waals surface area contributed by atoms with Crippen LogP contribution in [0.4, 0.5) is 0 Å². The van der Waals surface area contributed by atoms with Crippen molar-refractivity contribution in [3.05, 3.63) is 15.6 Å². The molecule has 3 atom stereocenters. The Kier molecular flexibility index (Phi) is 7.26. The number of aromatic nitrogens is 1. The van der Waals surface area contributed by atoms with Crippen LogP contribution in [0.5, 0.6) is 0 Å². The van der Waals surface area contributed by atoms with Gasteiger partial charge >= 0.3 is 11.8 Å². The molecule has 3 rings (SSSR count). The molecule has 1 aromatic rings. The number of carbonyl (C=O) groups is 4. The average molecular weight is 451 g/mol. The van der Waals surface area contributed by atoms with E-state index in [2.05, 4.69) is 20.5 Å². The first-order valence-corrected chi connectivity index (χ1v) is 11.3. The van der Waals surface area contributed by atoms with Crippen LogP contribution in [-0.4, -0.2) is 78.2 Å². The highest BCUT2D eigenvalue weighted by atomic mass is 32.1. The maximum Gasteiger partial charge on any atom is 0.309 e. The second-order valence-electron chi connectivity index (χ2n) is 8.50. The lowest BCUT2D eigenvalue weighted by Gasteiger charge is -2.36. The Bertz CT molecular complexity index is 870. The standard InChI is InChI=1S/C20H30N6O4S/c1-25(2)20(30)11-6-7-12(22-17(28)16(21)27)14(9-11)23-18(29)19-24-13-5-4-8-26(3)10-15(13)31-19/h11-12,14H,4-10H2,1-3H3,(H2,21,27)(H,22,28)(H,23,29)/t11-,12+,14+/m0/s1. The van der Waals surface area contributed by atoms with E-state index in [0.717, 1.165) is 36.5 Å². The van der Waals surface area contributed by atoms with Crippen molar-refractivity contribution >= 4 is 35.0 Å². The van der Waals surface area contributed by atoms with Crippen molar-refractivity contribution in [1.29, 1.82) is 0 Å². The van der Waals surface area contributed by atoms with Crippen molar-refractivity contribution in [2.24, 2.45) is 11.7 Å². The third-order valence-corrected chi connectivity index (χ3v) is 6.92. The van der Waals surface area contributed by atoms with Crippen molar-refractivity contribution in [3.8, 4) is 0 Å². The van der Waals surface area contributed by atoms with E-state index in [0.29, 0.717) is 24.3 Å². The van der Waals surface area contributed by atoms with E-state index in [4.69, 9.17) is 5.73 Å². The minimum Gasteiger partial charge on any atom is -0.361 e. The summed E-state index contributed by atoms with van der Waals surface area (Å²) in [6, 6.07) is -0.996. The molecular formula is C20H30N6O4S. The third kappa shape index (κ3) is 5.59. The molecule has 0 saturated heterocycles. The van der Waals surface area contributed by atoms with Crippen molar-refractivity contribution in [1.82, 2.24) is 25.4 Å². The molecule has 0 unspecified atom stereocenters. The van der Waals surface area contributed by atoms with Gasteiger partial charge in [-0.05, 0) is 45.7 Å². The van der Waals surface area contributed by atoms with E-state index in [-0.39, 0.29) is 17.7 Å². The average Bonchev–Trinajstić information content (AvgIpc) is 3.02. The monoisotopic (exact) mass is 450 g/mol. The molecular weight excluding hydrogens is 420 g/mol. The van der Waals surface area contributed by atoms with Gasteiger partial charge in [-0.25, -0.2) is 4.98 Å². The summed E-state index contributed by atoms with van der Waals surface area (Å²) in [5.74, 6) is -2.61. The van der Waals surface area contributed by atoms with Crippen LogP contribution in [0, 0.1) is 5.92 Å². The van der Waals surface area contributed by atoms with E-state index in [1.54, 1.807) is 14.1 Å². The molecule has 2 aliphatic rings. The second kappa shape index (κ2) is 9.73. The number of carbonyl (C=O) groups excluding carboxylic acids is 4. The molecule has 0 bridgehead atoms. The number of rotatable bonds is 4. The highest BCUT2D eigenvalue weighted by Crippen LogP contribution is 2.28. The van der Waals surface area contributed by atoms with E-state index in [1.165, 1.54) is 16.2 Å². The number of nitrogens with zero attached hydrogens (tertiary/aromatic N) is 3. The Morgan fingerprint density at radius 2 is 1.90 bits per heavy atom. The van der Waals surface area contributed by atoms with Crippen LogP contribution in [0.1, 0.15) is 46.1 Å². The van der Waals surface area contributed by atoms with E-state index in [9.17, 15) is 19.2 Å². The summed E-state index contributed by atoms with van der Waals surface area (Å²) in [6.45, 7) is 1.76. The van der Waals surface area contributed by atoms with Gasteiger partial charge in [0.25, 0.3) is 5.91 Å². The van der Waals surface area contributed by atoms with Crippen LogP contribution < -0.4 is 16.4 Å². The van der Waals surface area contributed by atoms with Crippen LogP contribution in [0.2, 0.25) is 0 Å². The molecule has 1 saturated carbocycles. The zero-order valence-corrected chi connectivity index (χ0v) is 19.0. The molecule has 1 aromatic heterocycles. The van der Waals surface area contributed by atoms with E-state index < -0.39 is 23.9 Å². The van der Waals surface area contributed by atoms with Gasteiger partial charge in [-0.1, -0.05) is 0 Å². The topological polar surface area (TPSA) is 138 Å². The number of aryl methyl sites for hydroxylation is 1. The van der Waals surface area contributed by atoms with Crippen molar-refractivity contribution in [2.75, 3.05) is 27.7 Å². The van der Waals surface area contributed by atoms with Crippen molar-refractivity contribution in [2.45, 2.75) is 50.7 Å². The van der Waals surface area contributed by atoms with Gasteiger partial charge in [0.2, 0.25) is 5.91 Å². The zero-order valence-electron chi connectivity index (χ0n) is 18.1. The molecule has 10 nitrogen and oxygen atoms in total. The summed E-state index contributed by atoms with van der Waals surface area (Å²) in [5.41, 5.74) is 6.04. The van der Waals surface area contributed by atoms with Crippen LogP contribution in [-0.2, 0) is 27.3 Å². The fourth-order valence-corrected chi connectivity index (χ4v) is 5.29. The summed E-state index contributed by atoms with van der Waals surface area (Å²) in [5, 5.41) is 5.92. The van der Waals surface area contributed by atoms with Gasteiger partial charge in [0.1, 0.15) is 0 Å². The first-order chi connectivity index (χ1) is 14.7. The Morgan fingerprint density at radius 1 is 1.16 bits per heavy atom. The van der Waals surface area contributed by atoms with Crippen LogP contribution in [0.25, 0.3) is 0 Å². The molecule has 4 amide bonds. The number of nitrogens with one attached hydrogen (secondary N) is 2. The maximum atomic E-state index is 13.0. The number of primary amides is 1. The lowest BCUT2D eigenvalue weighted by molar-refractivity contribution is -0.138. The Balaban J connectivity index is 1.75. The molecule has 170 valence electrons. The highest BCUT2D eigenvalue weighted by Gasteiger charge is 2.37. The Labute approximate surface area is 185 Å². The number of fused-ring (bicyclic) bond motifs is 1. The lowest BCUT2D eigenvalue weighted by Crippen LogP contribution is -2.57. The molecule has 0 radical (unpaired) electrons.